The third-order valence-corrected chi connectivity index (χ3v) is 7.20. The molecule has 4 N–H and O–H groups in total. The summed E-state index contributed by atoms with van der Waals surface area (Å²) >= 11 is 0. The van der Waals surface area contributed by atoms with Gasteiger partial charge in [0.2, 0.25) is 5.09 Å². The van der Waals surface area contributed by atoms with Crippen molar-refractivity contribution in [3.8, 4) is 0 Å². The molecular weight excluding hydrogens is 390 g/mol. The fourth-order valence-corrected chi connectivity index (χ4v) is 4.69. The Morgan fingerprint density at radius 2 is 2.07 bits per heavy atom. The maximum Gasteiger partial charge on any atom is 0.332 e. The van der Waals surface area contributed by atoms with E-state index in [2.05, 4.69) is 29.1 Å². The molecule has 2 aromatic rings. The molecule has 0 bridgehead atoms. The van der Waals surface area contributed by atoms with Crippen LogP contribution in [-0.2, 0) is 28.4 Å². The number of hydrogen-bond donors (Lipinski definition) is 4. The van der Waals surface area contributed by atoms with Crippen LogP contribution in [0, 0.1) is 10.7 Å². The van der Waals surface area contributed by atoms with Gasteiger partial charge in [-0.05, 0) is 68.1 Å². The second kappa shape index (κ2) is 6.88. The maximum atomic E-state index is 12.8. The summed E-state index contributed by atoms with van der Waals surface area (Å²) in [5.74, 6) is 0.983. The Hall–Kier alpha value is -2.32. The van der Waals surface area contributed by atoms with Gasteiger partial charge in [0, 0.05) is 17.3 Å². The first-order chi connectivity index (χ1) is 13.6. The summed E-state index contributed by atoms with van der Waals surface area (Å²) in [6, 6.07) is 4.85. The number of aryl methyl sites for hydroxylation is 1. The van der Waals surface area contributed by atoms with Crippen LogP contribution in [0.15, 0.2) is 34.0 Å². The lowest BCUT2D eigenvalue weighted by Crippen LogP contribution is -2.34. The van der Waals surface area contributed by atoms with Crippen LogP contribution in [0.3, 0.4) is 0 Å². The van der Waals surface area contributed by atoms with Crippen LogP contribution >= 0.6 is 0 Å². The second-order valence-electron chi connectivity index (χ2n) is 8.62. The highest BCUT2D eigenvalue weighted by Gasteiger charge is 2.33. The molecule has 2 aliphatic rings. The molecule has 1 aromatic carbocycles. The molecule has 2 unspecified atom stereocenters. The number of urea groups is 1. The van der Waals surface area contributed by atoms with E-state index in [1.807, 2.05) is 0 Å². The van der Waals surface area contributed by atoms with Crippen LogP contribution in [0.1, 0.15) is 61.8 Å². The average Bonchev–Trinajstić information content (AvgIpc) is 3.29. The Kier molecular flexibility index (Phi) is 4.74. The summed E-state index contributed by atoms with van der Waals surface area (Å²) < 4.78 is 28.3. The monoisotopic (exact) mass is 417 g/mol. The Morgan fingerprint density at radius 3 is 2.62 bits per heavy atom. The van der Waals surface area contributed by atoms with E-state index in [-0.39, 0.29) is 5.09 Å². The van der Waals surface area contributed by atoms with Crippen LogP contribution in [0.2, 0.25) is 0 Å². The van der Waals surface area contributed by atoms with Gasteiger partial charge >= 0.3 is 6.03 Å². The first kappa shape index (κ1) is 20.0. The minimum atomic E-state index is -3.70. The lowest BCUT2D eigenvalue weighted by Gasteiger charge is -2.27. The lowest BCUT2D eigenvalue weighted by atomic mass is 9.82. The molecule has 8 heteroatoms. The Labute approximate surface area is 171 Å². The van der Waals surface area contributed by atoms with E-state index < -0.39 is 21.5 Å². The molecule has 1 heterocycles. The molecule has 0 spiro atoms. The number of rotatable bonds is 6. The van der Waals surface area contributed by atoms with Crippen molar-refractivity contribution in [1.82, 2.24) is 4.72 Å². The predicted octanol–water partition coefficient (Wildman–Crippen LogP) is 4.26. The number of benzene rings is 1. The molecule has 7 nitrogen and oxygen atoms in total. The first-order valence-electron chi connectivity index (χ1n) is 9.90. The van der Waals surface area contributed by atoms with Gasteiger partial charge in [0.25, 0.3) is 0 Å². The molecule has 2 atom stereocenters. The van der Waals surface area contributed by atoms with Crippen molar-refractivity contribution in [3.05, 3.63) is 46.7 Å². The second-order valence-corrected chi connectivity index (χ2v) is 10.3. The van der Waals surface area contributed by atoms with Crippen LogP contribution in [0.4, 0.5) is 10.5 Å². The standard InChI is InChI=1S/C21H27N3O4S/c1-12(13-4-5-13)16-8-6-14-7-9-17(14)19(16)23-20(25)24-29(22,27)18-10-15(11-28-18)21(2,3)26/h6,8,10-13,26H,4-5,7,9H2,1-3H3,(H3,22,23,24,25,27). The van der Waals surface area contributed by atoms with Gasteiger partial charge in [-0.25, -0.2) is 18.5 Å². The maximum absolute atomic E-state index is 12.8. The number of aliphatic hydroxyl groups is 1. The molecule has 2 aliphatic carbocycles. The van der Waals surface area contributed by atoms with Crippen molar-refractivity contribution in [2.45, 2.75) is 63.1 Å². The number of carbonyl (C=O) groups excluding carboxylic acids is 1. The van der Waals surface area contributed by atoms with E-state index in [0.29, 0.717) is 17.4 Å². The number of amides is 2. The van der Waals surface area contributed by atoms with Gasteiger partial charge in [-0.15, -0.1) is 0 Å². The summed E-state index contributed by atoms with van der Waals surface area (Å²) in [5.41, 5.74) is 3.43. The van der Waals surface area contributed by atoms with Gasteiger partial charge in [0.15, 0.2) is 9.92 Å². The average molecular weight is 418 g/mol. The topological polar surface area (TPSA) is 115 Å². The number of fused-ring (bicyclic) bond motifs is 1. The number of anilines is 1. The smallest absolute Gasteiger partial charge is 0.332 e. The molecule has 1 fully saturated rings. The fourth-order valence-electron chi connectivity index (χ4n) is 3.80. The van der Waals surface area contributed by atoms with Crippen molar-refractivity contribution in [2.24, 2.45) is 5.92 Å². The SMILES string of the molecule is CC(c1ccc2c(c1NC(=O)NS(=N)(=O)c1cc(C(C)(C)O)co1)CC2)C1CC1. The van der Waals surface area contributed by atoms with Crippen molar-refractivity contribution < 1.29 is 18.5 Å². The van der Waals surface area contributed by atoms with Gasteiger partial charge in [-0.3, -0.25) is 0 Å². The Balaban J connectivity index is 1.54. The van der Waals surface area contributed by atoms with E-state index in [1.165, 1.54) is 30.7 Å². The molecule has 29 heavy (non-hydrogen) atoms. The van der Waals surface area contributed by atoms with E-state index in [1.54, 1.807) is 13.8 Å². The lowest BCUT2D eigenvalue weighted by molar-refractivity contribution is 0.0779. The van der Waals surface area contributed by atoms with Gasteiger partial charge in [-0.1, -0.05) is 19.1 Å². The zero-order valence-corrected chi connectivity index (χ0v) is 17.7. The highest BCUT2D eigenvalue weighted by Crippen LogP contribution is 2.46. The van der Waals surface area contributed by atoms with Gasteiger partial charge in [-0.2, -0.15) is 0 Å². The minimum Gasteiger partial charge on any atom is -0.452 e. The summed E-state index contributed by atoms with van der Waals surface area (Å²) in [6.07, 6.45) is 5.54. The van der Waals surface area contributed by atoms with Crippen molar-refractivity contribution in [2.75, 3.05) is 5.32 Å². The third-order valence-electron chi connectivity index (χ3n) is 5.95. The summed E-state index contributed by atoms with van der Waals surface area (Å²) in [6.45, 7) is 5.29. The zero-order valence-electron chi connectivity index (χ0n) is 16.9. The van der Waals surface area contributed by atoms with E-state index in [9.17, 15) is 14.1 Å². The fraction of sp³-hybridized carbons (Fsp3) is 0.476. The van der Waals surface area contributed by atoms with Crippen LogP contribution < -0.4 is 10.0 Å². The van der Waals surface area contributed by atoms with E-state index in [0.717, 1.165) is 29.7 Å². The van der Waals surface area contributed by atoms with Crippen LogP contribution in [0.5, 0.6) is 0 Å². The van der Waals surface area contributed by atoms with E-state index >= 15 is 0 Å². The molecule has 156 valence electrons. The normalized spacial score (nSPS) is 18.9. The minimum absolute atomic E-state index is 0.197. The molecule has 4 rings (SSSR count). The summed E-state index contributed by atoms with van der Waals surface area (Å²) in [7, 11) is -3.70. The Bertz CT molecular complexity index is 1060. The molecule has 1 aromatic heterocycles. The van der Waals surface area contributed by atoms with Gasteiger partial charge in [0.1, 0.15) is 0 Å². The largest absolute Gasteiger partial charge is 0.452 e. The quantitative estimate of drug-likeness (QED) is 0.562. The number of carbonyl (C=O) groups is 1. The first-order valence-corrected chi connectivity index (χ1v) is 11.5. The molecule has 0 radical (unpaired) electrons. The highest BCUT2D eigenvalue weighted by molar-refractivity contribution is 7.91. The number of hydrogen-bond acceptors (Lipinski definition) is 5. The Morgan fingerprint density at radius 1 is 1.34 bits per heavy atom. The van der Waals surface area contributed by atoms with Gasteiger partial charge < -0.3 is 14.8 Å². The molecule has 1 saturated carbocycles. The zero-order chi connectivity index (χ0) is 21.0. The van der Waals surface area contributed by atoms with Crippen LogP contribution in [0.25, 0.3) is 0 Å². The van der Waals surface area contributed by atoms with Gasteiger partial charge in [0.05, 0.1) is 11.9 Å². The molecule has 2 amide bonds. The van der Waals surface area contributed by atoms with Crippen molar-refractivity contribution in [3.63, 3.8) is 0 Å². The third kappa shape index (κ3) is 3.91. The highest BCUT2D eigenvalue weighted by atomic mass is 32.2. The summed E-state index contributed by atoms with van der Waals surface area (Å²) in [5, 5.41) is 12.7. The van der Waals surface area contributed by atoms with Crippen molar-refractivity contribution >= 4 is 21.6 Å². The molecule has 0 saturated heterocycles. The van der Waals surface area contributed by atoms with E-state index in [4.69, 9.17) is 9.20 Å². The number of furan rings is 1. The predicted molar refractivity (Wildman–Crippen MR) is 110 cm³/mol. The summed E-state index contributed by atoms with van der Waals surface area (Å²) in [4.78, 5) is 12.6. The molecule has 0 aliphatic heterocycles. The van der Waals surface area contributed by atoms with Crippen LogP contribution in [-0.4, -0.2) is 15.3 Å². The van der Waals surface area contributed by atoms with Crippen molar-refractivity contribution in [1.29, 1.82) is 4.78 Å². The number of nitrogens with one attached hydrogen (secondary N) is 3. The molecular formula is C21H27N3O4S.